The molecule has 1 N–H and O–H groups in total. The molecule has 1 aliphatic carbocycles. The molecule has 1 saturated carbocycles. The first-order valence-corrected chi connectivity index (χ1v) is 10.9. The van der Waals surface area contributed by atoms with Crippen LogP contribution in [-0.2, 0) is 4.79 Å². The lowest BCUT2D eigenvalue weighted by Crippen LogP contribution is -2.20. The van der Waals surface area contributed by atoms with Gasteiger partial charge in [-0.05, 0) is 59.9 Å². The first kappa shape index (κ1) is 19.6. The molecule has 4 rings (SSSR count). The maximum absolute atomic E-state index is 13.3. The summed E-state index contributed by atoms with van der Waals surface area (Å²) in [5.74, 6) is -0.0733. The van der Waals surface area contributed by atoms with Crippen molar-refractivity contribution in [2.45, 2.75) is 56.0 Å². The fourth-order valence-electron chi connectivity index (χ4n) is 3.72. The molecule has 1 aromatic heterocycles. The summed E-state index contributed by atoms with van der Waals surface area (Å²) < 4.78 is 1.90. The van der Waals surface area contributed by atoms with E-state index in [0.717, 1.165) is 35.2 Å². The molecule has 1 unspecified atom stereocenters. The third kappa shape index (κ3) is 4.50. The molecule has 0 bridgehead atoms. The maximum Gasteiger partial charge on any atom is 0.242 e. The van der Waals surface area contributed by atoms with Gasteiger partial charge in [-0.15, -0.1) is 5.10 Å². The summed E-state index contributed by atoms with van der Waals surface area (Å²) in [6.07, 6.45) is 4.57. The highest BCUT2D eigenvalue weighted by Crippen LogP contribution is 2.38. The Labute approximate surface area is 175 Å². The normalized spacial score (nSPS) is 15.4. The van der Waals surface area contributed by atoms with Crippen molar-refractivity contribution in [3.05, 3.63) is 65.2 Å². The largest absolute Gasteiger partial charge is 0.325 e. The van der Waals surface area contributed by atoms with Crippen molar-refractivity contribution >= 4 is 23.4 Å². The van der Waals surface area contributed by atoms with Crippen molar-refractivity contribution < 1.29 is 4.79 Å². The van der Waals surface area contributed by atoms with Gasteiger partial charge in [0.2, 0.25) is 11.1 Å². The Morgan fingerprint density at radius 3 is 2.66 bits per heavy atom. The number of hydrogen-bond donors (Lipinski definition) is 1. The Morgan fingerprint density at radius 2 is 1.90 bits per heavy atom. The van der Waals surface area contributed by atoms with Gasteiger partial charge in [0, 0.05) is 5.69 Å². The van der Waals surface area contributed by atoms with Crippen LogP contribution >= 0.6 is 11.8 Å². The zero-order valence-corrected chi connectivity index (χ0v) is 17.5. The van der Waals surface area contributed by atoms with E-state index in [-0.39, 0.29) is 5.91 Å². The molecule has 1 fully saturated rings. The molecule has 7 heteroatoms. The van der Waals surface area contributed by atoms with E-state index >= 15 is 0 Å². The van der Waals surface area contributed by atoms with Crippen LogP contribution in [0.3, 0.4) is 0 Å². The first-order chi connectivity index (χ1) is 14.1. The fraction of sp³-hybridized carbons (Fsp3) is 0.364. The van der Waals surface area contributed by atoms with Crippen molar-refractivity contribution in [1.29, 1.82) is 0 Å². The van der Waals surface area contributed by atoms with E-state index in [1.54, 1.807) is 0 Å². The molecule has 29 heavy (non-hydrogen) atoms. The number of benzene rings is 2. The predicted molar refractivity (Wildman–Crippen MR) is 115 cm³/mol. The van der Waals surface area contributed by atoms with Gasteiger partial charge in [0.25, 0.3) is 0 Å². The van der Waals surface area contributed by atoms with Crippen molar-refractivity contribution in [2.24, 2.45) is 0 Å². The Balaban J connectivity index is 1.62. The number of rotatable bonds is 6. The maximum atomic E-state index is 13.3. The molecule has 0 saturated heterocycles. The number of tetrazole rings is 1. The lowest BCUT2D eigenvalue weighted by Gasteiger charge is -2.19. The number of nitrogens with zero attached hydrogens (tertiary/aromatic N) is 4. The molecular formula is C22H25N5OS. The highest BCUT2D eigenvalue weighted by atomic mass is 32.2. The number of amides is 1. The zero-order chi connectivity index (χ0) is 20.2. The number of aromatic nitrogens is 4. The zero-order valence-electron chi connectivity index (χ0n) is 16.7. The fourth-order valence-corrected chi connectivity index (χ4v) is 4.76. The van der Waals surface area contributed by atoms with Crippen LogP contribution in [0.1, 0.15) is 53.7 Å². The van der Waals surface area contributed by atoms with Crippen molar-refractivity contribution in [2.75, 3.05) is 5.32 Å². The lowest BCUT2D eigenvalue weighted by atomic mass is 10.1. The molecule has 150 valence electrons. The van der Waals surface area contributed by atoms with Gasteiger partial charge in [-0.3, -0.25) is 4.79 Å². The molecule has 0 radical (unpaired) electrons. The summed E-state index contributed by atoms with van der Waals surface area (Å²) in [5.41, 5.74) is 3.92. The summed E-state index contributed by atoms with van der Waals surface area (Å²) >= 11 is 1.41. The van der Waals surface area contributed by atoms with Crippen molar-refractivity contribution in [1.82, 2.24) is 20.2 Å². The van der Waals surface area contributed by atoms with E-state index in [1.165, 1.54) is 24.6 Å². The van der Waals surface area contributed by atoms with Crippen LogP contribution in [0.4, 0.5) is 5.69 Å². The van der Waals surface area contributed by atoms with E-state index in [0.29, 0.717) is 11.2 Å². The molecule has 1 amide bonds. The second-order valence-electron chi connectivity index (χ2n) is 7.56. The minimum Gasteiger partial charge on any atom is -0.325 e. The highest BCUT2D eigenvalue weighted by molar-refractivity contribution is 8.00. The quantitative estimate of drug-likeness (QED) is 0.590. The van der Waals surface area contributed by atoms with Crippen LogP contribution in [0.2, 0.25) is 0 Å². The third-order valence-corrected chi connectivity index (χ3v) is 6.55. The van der Waals surface area contributed by atoms with Crippen molar-refractivity contribution in [3.8, 4) is 0 Å². The summed E-state index contributed by atoms with van der Waals surface area (Å²) in [7, 11) is 0. The number of aryl methyl sites for hydroxylation is 2. The molecule has 1 atom stereocenters. The van der Waals surface area contributed by atoms with Crippen LogP contribution < -0.4 is 5.32 Å². The lowest BCUT2D eigenvalue weighted by molar-refractivity contribution is -0.115. The molecule has 1 heterocycles. The number of nitrogens with one attached hydrogen (secondary N) is 1. The number of anilines is 1. The summed E-state index contributed by atoms with van der Waals surface area (Å²) in [6.45, 7) is 4.02. The van der Waals surface area contributed by atoms with Crippen LogP contribution in [0.25, 0.3) is 0 Å². The monoisotopic (exact) mass is 407 g/mol. The highest BCUT2D eigenvalue weighted by Gasteiger charge is 2.28. The molecule has 0 spiro atoms. The number of carbonyl (C=O) groups is 1. The molecule has 1 aliphatic rings. The number of thioether (sulfide) groups is 1. The number of hydrogen-bond acceptors (Lipinski definition) is 5. The van der Waals surface area contributed by atoms with E-state index in [9.17, 15) is 4.79 Å². The van der Waals surface area contributed by atoms with E-state index in [2.05, 4.69) is 20.8 Å². The topological polar surface area (TPSA) is 72.7 Å². The van der Waals surface area contributed by atoms with Gasteiger partial charge in [-0.25, -0.2) is 4.68 Å². The standard InChI is InChI=1S/C22H25N5OS/c1-15-12-13-16(2)19(14-15)23-21(28)20(17-8-4-3-5-9-17)29-22-24-25-26-27(22)18-10-6-7-11-18/h3-5,8-9,12-14,18,20H,6-7,10-11H2,1-2H3,(H,23,28). The van der Waals surface area contributed by atoms with E-state index in [1.807, 2.05) is 67.1 Å². The first-order valence-electron chi connectivity index (χ1n) is 9.99. The molecule has 2 aromatic carbocycles. The van der Waals surface area contributed by atoms with Gasteiger partial charge in [0.05, 0.1) is 6.04 Å². The minimum atomic E-state index is -0.442. The van der Waals surface area contributed by atoms with Gasteiger partial charge >= 0.3 is 0 Å². The summed E-state index contributed by atoms with van der Waals surface area (Å²) in [5, 5.41) is 15.7. The second kappa shape index (κ2) is 8.78. The summed E-state index contributed by atoms with van der Waals surface area (Å²) in [4.78, 5) is 13.3. The summed E-state index contributed by atoms with van der Waals surface area (Å²) in [6, 6.07) is 16.2. The van der Waals surface area contributed by atoms with Gasteiger partial charge in [0.15, 0.2) is 0 Å². The predicted octanol–water partition coefficient (Wildman–Crippen LogP) is 4.88. The molecule has 0 aliphatic heterocycles. The average molecular weight is 408 g/mol. The van der Waals surface area contributed by atoms with Crippen LogP contribution in [-0.4, -0.2) is 26.1 Å². The SMILES string of the molecule is Cc1ccc(C)c(NC(=O)C(Sc2nnnn2C2CCCC2)c2ccccc2)c1. The Kier molecular flexibility index (Phi) is 5.94. The van der Waals surface area contributed by atoms with Gasteiger partial charge in [-0.2, -0.15) is 0 Å². The van der Waals surface area contributed by atoms with Gasteiger partial charge < -0.3 is 5.32 Å². The minimum absolute atomic E-state index is 0.0733. The molecule has 3 aromatic rings. The number of carbonyl (C=O) groups excluding carboxylic acids is 1. The molecular weight excluding hydrogens is 382 g/mol. The van der Waals surface area contributed by atoms with Crippen LogP contribution in [0.15, 0.2) is 53.7 Å². The average Bonchev–Trinajstić information content (AvgIpc) is 3.41. The van der Waals surface area contributed by atoms with E-state index in [4.69, 9.17) is 0 Å². The third-order valence-electron chi connectivity index (χ3n) is 5.35. The molecule has 6 nitrogen and oxygen atoms in total. The van der Waals surface area contributed by atoms with Crippen LogP contribution in [0.5, 0.6) is 0 Å². The van der Waals surface area contributed by atoms with Crippen molar-refractivity contribution in [3.63, 3.8) is 0 Å². The Hall–Kier alpha value is -2.67. The Bertz CT molecular complexity index is 982. The second-order valence-corrected chi connectivity index (χ2v) is 8.63. The van der Waals surface area contributed by atoms with Gasteiger partial charge in [0.1, 0.15) is 5.25 Å². The van der Waals surface area contributed by atoms with Crippen LogP contribution in [0, 0.1) is 13.8 Å². The Morgan fingerprint density at radius 1 is 1.14 bits per heavy atom. The van der Waals surface area contributed by atoms with E-state index < -0.39 is 5.25 Å². The van der Waals surface area contributed by atoms with Gasteiger partial charge in [-0.1, -0.05) is 67.1 Å². The smallest absolute Gasteiger partial charge is 0.242 e.